The van der Waals surface area contributed by atoms with Crippen molar-refractivity contribution in [2.75, 3.05) is 36.3 Å². The van der Waals surface area contributed by atoms with Crippen LogP contribution in [0.2, 0.25) is 0 Å². The number of nitrogens with zero attached hydrogens (tertiary/aromatic N) is 2. The van der Waals surface area contributed by atoms with Crippen LogP contribution in [0.3, 0.4) is 0 Å². The number of nitrogens with one attached hydrogen (secondary N) is 1. The zero-order chi connectivity index (χ0) is 18.1. The maximum Gasteiger partial charge on any atom is 0.267 e. The van der Waals surface area contributed by atoms with Crippen LogP contribution in [0.5, 0.6) is 5.75 Å². The van der Waals surface area contributed by atoms with E-state index in [1.54, 1.807) is 37.1 Å². The number of rotatable bonds is 3. The Morgan fingerprint density at radius 3 is 2.48 bits per heavy atom. The van der Waals surface area contributed by atoms with Crippen LogP contribution in [0.25, 0.3) is 0 Å². The molecule has 1 atom stereocenters. The van der Waals surface area contributed by atoms with Crippen LogP contribution in [0.4, 0.5) is 17.1 Å². The van der Waals surface area contributed by atoms with Crippen molar-refractivity contribution in [2.24, 2.45) is 0 Å². The first kappa shape index (κ1) is 16.8. The number of anilines is 3. The van der Waals surface area contributed by atoms with Gasteiger partial charge in [-0.25, -0.2) is 0 Å². The van der Waals surface area contributed by atoms with Crippen LogP contribution in [0.1, 0.15) is 17.3 Å². The Hall–Kier alpha value is -3.02. The third kappa shape index (κ3) is 3.28. The Labute approximate surface area is 147 Å². The lowest BCUT2D eigenvalue weighted by Crippen LogP contribution is -2.42. The highest BCUT2D eigenvalue weighted by Gasteiger charge is 2.29. The van der Waals surface area contributed by atoms with E-state index in [2.05, 4.69) is 5.32 Å². The number of hydrogen-bond donors (Lipinski definition) is 1. The van der Waals surface area contributed by atoms with Gasteiger partial charge in [0.25, 0.3) is 11.8 Å². The molecule has 0 aliphatic carbocycles. The maximum atomic E-state index is 12.5. The molecule has 6 heteroatoms. The Balaban J connectivity index is 1.79. The van der Waals surface area contributed by atoms with E-state index in [1.807, 2.05) is 43.3 Å². The highest BCUT2D eigenvalue weighted by molar-refractivity contribution is 6.06. The van der Waals surface area contributed by atoms with Crippen LogP contribution in [0, 0.1) is 0 Å². The van der Waals surface area contributed by atoms with Crippen molar-refractivity contribution in [1.82, 2.24) is 0 Å². The molecule has 2 aromatic rings. The van der Waals surface area contributed by atoms with Gasteiger partial charge in [0.1, 0.15) is 5.75 Å². The van der Waals surface area contributed by atoms with Gasteiger partial charge >= 0.3 is 0 Å². The number of amides is 2. The second-order valence-corrected chi connectivity index (χ2v) is 6.24. The molecule has 1 aliphatic rings. The summed E-state index contributed by atoms with van der Waals surface area (Å²) >= 11 is 0. The fourth-order valence-electron chi connectivity index (χ4n) is 2.71. The van der Waals surface area contributed by atoms with Gasteiger partial charge < -0.3 is 19.9 Å². The predicted molar refractivity (Wildman–Crippen MR) is 98.7 cm³/mol. The van der Waals surface area contributed by atoms with Crippen LogP contribution in [0.15, 0.2) is 42.5 Å². The van der Waals surface area contributed by atoms with Crippen LogP contribution >= 0.6 is 0 Å². The molecule has 0 bridgehead atoms. The molecule has 0 radical (unpaired) electrons. The molecule has 25 heavy (non-hydrogen) atoms. The minimum atomic E-state index is -0.561. The molecule has 2 aromatic carbocycles. The van der Waals surface area contributed by atoms with E-state index in [4.69, 9.17) is 4.74 Å². The molecule has 1 unspecified atom stereocenters. The Morgan fingerprint density at radius 2 is 1.84 bits per heavy atom. The van der Waals surface area contributed by atoms with Crippen LogP contribution in [-0.4, -0.2) is 39.1 Å². The summed E-state index contributed by atoms with van der Waals surface area (Å²) in [6.07, 6.45) is -0.561. The average molecular weight is 339 g/mol. The van der Waals surface area contributed by atoms with Gasteiger partial charge in [0, 0.05) is 38.1 Å². The maximum absolute atomic E-state index is 12.5. The lowest BCUT2D eigenvalue weighted by molar-refractivity contribution is -0.125. The van der Waals surface area contributed by atoms with Crippen LogP contribution in [-0.2, 0) is 4.79 Å². The molecule has 1 aliphatic heterocycles. The summed E-state index contributed by atoms with van der Waals surface area (Å²) in [6, 6.07) is 12.7. The lowest BCUT2D eigenvalue weighted by Gasteiger charge is -2.30. The minimum Gasteiger partial charge on any atom is -0.479 e. The summed E-state index contributed by atoms with van der Waals surface area (Å²) in [5.41, 5.74) is 2.91. The molecule has 6 nitrogen and oxygen atoms in total. The first-order chi connectivity index (χ1) is 11.9. The Kier molecular flexibility index (Phi) is 4.35. The van der Waals surface area contributed by atoms with E-state index in [-0.39, 0.29) is 11.8 Å². The van der Waals surface area contributed by atoms with Gasteiger partial charge in [0.2, 0.25) is 0 Å². The molecular formula is C19H21N3O3. The molecular weight excluding hydrogens is 318 g/mol. The van der Waals surface area contributed by atoms with Crippen molar-refractivity contribution in [1.29, 1.82) is 0 Å². The third-order valence-electron chi connectivity index (χ3n) is 4.21. The molecule has 0 aromatic heterocycles. The minimum absolute atomic E-state index is 0.106. The van der Waals surface area contributed by atoms with Crippen molar-refractivity contribution in [3.63, 3.8) is 0 Å². The molecule has 0 spiro atoms. The topological polar surface area (TPSA) is 61.9 Å². The van der Waals surface area contributed by atoms with Gasteiger partial charge in [-0.15, -0.1) is 0 Å². The summed E-state index contributed by atoms with van der Waals surface area (Å²) in [5, 5.41) is 2.87. The molecule has 1 heterocycles. The zero-order valence-corrected chi connectivity index (χ0v) is 14.7. The first-order valence-electron chi connectivity index (χ1n) is 8.04. The molecule has 1 N–H and O–H groups in total. The van der Waals surface area contributed by atoms with Crippen molar-refractivity contribution in [2.45, 2.75) is 13.0 Å². The van der Waals surface area contributed by atoms with Crippen molar-refractivity contribution in [3.8, 4) is 5.75 Å². The number of fused-ring (bicyclic) bond motifs is 1. The summed E-state index contributed by atoms with van der Waals surface area (Å²) < 4.78 is 5.62. The van der Waals surface area contributed by atoms with E-state index in [0.29, 0.717) is 17.0 Å². The van der Waals surface area contributed by atoms with Crippen molar-refractivity contribution >= 4 is 28.9 Å². The number of likely N-dealkylation sites (N-methyl/N-ethyl adjacent to an activating group) is 1. The largest absolute Gasteiger partial charge is 0.479 e. The monoisotopic (exact) mass is 339 g/mol. The van der Waals surface area contributed by atoms with E-state index in [0.717, 1.165) is 11.4 Å². The zero-order valence-electron chi connectivity index (χ0n) is 14.7. The molecule has 0 saturated carbocycles. The summed E-state index contributed by atoms with van der Waals surface area (Å²) in [5.74, 6) is 0.201. The van der Waals surface area contributed by atoms with E-state index in [9.17, 15) is 9.59 Å². The van der Waals surface area contributed by atoms with Gasteiger partial charge in [-0.1, -0.05) is 0 Å². The van der Waals surface area contributed by atoms with E-state index >= 15 is 0 Å². The third-order valence-corrected chi connectivity index (χ3v) is 4.21. The molecule has 130 valence electrons. The number of hydrogen-bond acceptors (Lipinski definition) is 4. The van der Waals surface area contributed by atoms with E-state index in [1.165, 1.54) is 0 Å². The number of carbonyl (C=O) groups excluding carboxylic acids is 2. The van der Waals surface area contributed by atoms with Gasteiger partial charge in [-0.3, -0.25) is 9.59 Å². The van der Waals surface area contributed by atoms with Crippen molar-refractivity contribution < 1.29 is 14.3 Å². The second-order valence-electron chi connectivity index (χ2n) is 6.24. The second kappa shape index (κ2) is 6.47. The molecule has 0 fully saturated rings. The fraction of sp³-hybridized carbons (Fsp3) is 0.263. The Morgan fingerprint density at radius 1 is 1.16 bits per heavy atom. The fourth-order valence-corrected chi connectivity index (χ4v) is 2.71. The smallest absolute Gasteiger partial charge is 0.267 e. The quantitative estimate of drug-likeness (QED) is 0.934. The average Bonchev–Trinajstić information content (AvgIpc) is 2.59. The van der Waals surface area contributed by atoms with Gasteiger partial charge in [-0.2, -0.15) is 0 Å². The highest BCUT2D eigenvalue weighted by atomic mass is 16.5. The van der Waals surface area contributed by atoms with Gasteiger partial charge in [-0.05, 0) is 49.4 Å². The summed E-state index contributed by atoms with van der Waals surface area (Å²) in [7, 11) is 5.62. The van der Waals surface area contributed by atoms with E-state index < -0.39 is 6.10 Å². The molecule has 3 rings (SSSR count). The first-order valence-corrected chi connectivity index (χ1v) is 8.04. The van der Waals surface area contributed by atoms with Crippen LogP contribution < -0.4 is 19.9 Å². The summed E-state index contributed by atoms with van der Waals surface area (Å²) in [4.78, 5) is 28.0. The summed E-state index contributed by atoms with van der Waals surface area (Å²) in [6.45, 7) is 1.70. The lowest BCUT2D eigenvalue weighted by atomic mass is 10.1. The standard InChI is InChI=1S/C19H21N3O3/c1-12-19(24)22(4)16-10-5-13(11-17(16)25-12)18(23)20-14-6-8-15(9-7-14)21(2)3/h5-12H,1-4H3,(H,20,23). The Bertz CT molecular complexity index is 815. The SMILES string of the molecule is CC1Oc2cc(C(=O)Nc3ccc(N(C)C)cc3)ccc2N(C)C1=O. The van der Waals surface area contributed by atoms with Gasteiger partial charge in [0.05, 0.1) is 5.69 Å². The van der Waals surface area contributed by atoms with Crippen molar-refractivity contribution in [3.05, 3.63) is 48.0 Å². The number of carbonyl (C=O) groups is 2. The highest BCUT2D eigenvalue weighted by Crippen LogP contribution is 2.34. The number of ether oxygens (including phenoxy) is 1. The number of benzene rings is 2. The normalized spacial score (nSPS) is 16.1. The molecule has 0 saturated heterocycles. The molecule has 2 amide bonds. The predicted octanol–water partition coefficient (Wildman–Crippen LogP) is 2.75. The van der Waals surface area contributed by atoms with Gasteiger partial charge in [0.15, 0.2) is 6.10 Å².